The number of hydrogen-bond acceptors (Lipinski definition) is 3. The Morgan fingerprint density at radius 3 is 2.14 bits per heavy atom. The molecule has 120 valence electrons. The summed E-state index contributed by atoms with van der Waals surface area (Å²) in [7, 11) is 0. The number of anilines is 2. The van der Waals surface area contributed by atoms with Crippen LogP contribution in [0.1, 0.15) is 52.9 Å². The van der Waals surface area contributed by atoms with Crippen LogP contribution < -0.4 is 10.2 Å². The molecule has 1 N–H and O–H groups in total. The van der Waals surface area contributed by atoms with Gasteiger partial charge in [-0.15, -0.1) is 0 Å². The van der Waals surface area contributed by atoms with Crippen molar-refractivity contribution in [2.75, 3.05) is 29.9 Å². The lowest BCUT2D eigenvalue weighted by atomic mass is 10.2. The Kier molecular flexibility index (Phi) is 8.01. The highest BCUT2D eigenvalue weighted by atomic mass is 19.1. The van der Waals surface area contributed by atoms with E-state index in [0.29, 0.717) is 6.54 Å². The third kappa shape index (κ3) is 5.48. The second-order valence-corrected chi connectivity index (χ2v) is 5.25. The van der Waals surface area contributed by atoms with Gasteiger partial charge >= 0.3 is 0 Å². The number of hydrogen-bond donors (Lipinski definition) is 1. The molecule has 0 amide bonds. The summed E-state index contributed by atoms with van der Waals surface area (Å²) >= 11 is 0. The predicted octanol–water partition coefficient (Wildman–Crippen LogP) is 4.59. The lowest BCUT2D eigenvalue weighted by Gasteiger charge is -2.24. The molecule has 0 spiro atoms. The van der Waals surface area contributed by atoms with E-state index in [0.717, 1.165) is 51.3 Å². The van der Waals surface area contributed by atoms with Crippen LogP contribution in [0.2, 0.25) is 0 Å². The molecule has 0 unspecified atom stereocenters. The molecular weight excluding hydrogens is 272 g/mol. The quantitative estimate of drug-likeness (QED) is 0.685. The monoisotopic (exact) mass is 299 g/mol. The molecule has 0 radical (unpaired) electrons. The van der Waals surface area contributed by atoms with Crippen LogP contribution in [0.4, 0.5) is 20.4 Å². The van der Waals surface area contributed by atoms with E-state index >= 15 is 0 Å². The van der Waals surface area contributed by atoms with Crippen LogP contribution >= 0.6 is 0 Å². The van der Waals surface area contributed by atoms with Crippen molar-refractivity contribution >= 4 is 11.6 Å². The van der Waals surface area contributed by atoms with Crippen LogP contribution in [0, 0.1) is 11.6 Å². The van der Waals surface area contributed by atoms with E-state index in [9.17, 15) is 8.78 Å². The number of nitrogens with one attached hydrogen (secondary N) is 1. The molecule has 1 heterocycles. The maximum absolute atomic E-state index is 14.1. The number of pyridine rings is 1. The summed E-state index contributed by atoms with van der Waals surface area (Å²) in [5.74, 6) is -0.805. The molecule has 1 aromatic rings. The molecule has 1 rings (SSSR count). The van der Waals surface area contributed by atoms with Gasteiger partial charge in [-0.1, -0.05) is 33.6 Å². The number of nitrogens with zero attached hydrogens (tertiary/aromatic N) is 2. The largest absolute Gasteiger partial charge is 0.368 e. The number of rotatable bonds is 10. The van der Waals surface area contributed by atoms with Gasteiger partial charge in [-0.2, -0.15) is 0 Å². The van der Waals surface area contributed by atoms with Gasteiger partial charge in [0.25, 0.3) is 0 Å². The number of unbranched alkanes of at least 4 members (excludes halogenated alkanes) is 2. The molecule has 1 aromatic heterocycles. The van der Waals surface area contributed by atoms with Gasteiger partial charge in [0.05, 0.1) is 0 Å². The fraction of sp³-hybridized carbons (Fsp3) is 0.688. The van der Waals surface area contributed by atoms with Crippen molar-refractivity contribution in [3.63, 3.8) is 0 Å². The van der Waals surface area contributed by atoms with E-state index in [1.165, 1.54) is 0 Å². The molecule has 3 nitrogen and oxygen atoms in total. The molecule has 0 aliphatic carbocycles. The van der Waals surface area contributed by atoms with Crippen molar-refractivity contribution in [2.45, 2.75) is 52.9 Å². The first-order chi connectivity index (χ1) is 10.1. The van der Waals surface area contributed by atoms with Crippen molar-refractivity contribution in [1.29, 1.82) is 0 Å². The second kappa shape index (κ2) is 9.53. The van der Waals surface area contributed by atoms with Crippen LogP contribution in [0.25, 0.3) is 0 Å². The predicted molar refractivity (Wildman–Crippen MR) is 85.0 cm³/mol. The molecule has 0 atom stereocenters. The summed E-state index contributed by atoms with van der Waals surface area (Å²) in [5, 5.41) is 2.92. The summed E-state index contributed by atoms with van der Waals surface area (Å²) in [6.45, 7) is 8.31. The zero-order chi connectivity index (χ0) is 15.7. The highest BCUT2D eigenvalue weighted by molar-refractivity contribution is 5.49. The SMILES string of the molecule is CCCCN(CCCC)c1nc(NCCC)c(F)cc1F. The highest BCUT2D eigenvalue weighted by Crippen LogP contribution is 2.23. The zero-order valence-corrected chi connectivity index (χ0v) is 13.4. The molecule has 0 aromatic carbocycles. The van der Waals surface area contributed by atoms with E-state index < -0.39 is 11.6 Å². The van der Waals surface area contributed by atoms with Gasteiger partial charge in [0.1, 0.15) is 0 Å². The molecule has 21 heavy (non-hydrogen) atoms. The standard InChI is InChI=1S/C16H27F2N3/c1-4-7-10-21(11-8-5-2)16-14(18)12-13(17)15(20-16)19-9-6-3/h12H,4-11H2,1-3H3,(H,19,20). The Balaban J connectivity index is 2.98. The molecule has 0 saturated heterocycles. The van der Waals surface area contributed by atoms with Gasteiger partial charge in [0.15, 0.2) is 23.3 Å². The molecule has 0 aliphatic rings. The molecular formula is C16H27F2N3. The van der Waals surface area contributed by atoms with Gasteiger partial charge in [-0.25, -0.2) is 13.8 Å². The summed E-state index contributed by atoms with van der Waals surface area (Å²) in [4.78, 5) is 6.11. The number of aromatic nitrogens is 1. The van der Waals surface area contributed by atoms with Crippen molar-refractivity contribution in [2.24, 2.45) is 0 Å². The van der Waals surface area contributed by atoms with E-state index in [1.807, 2.05) is 11.8 Å². The molecule has 0 bridgehead atoms. The van der Waals surface area contributed by atoms with E-state index in [4.69, 9.17) is 0 Å². The lowest BCUT2D eigenvalue weighted by Crippen LogP contribution is -2.28. The second-order valence-electron chi connectivity index (χ2n) is 5.25. The Labute approximate surface area is 126 Å². The minimum atomic E-state index is -0.629. The third-order valence-electron chi connectivity index (χ3n) is 3.32. The van der Waals surface area contributed by atoms with Crippen LogP contribution in [0.5, 0.6) is 0 Å². The third-order valence-corrected chi connectivity index (χ3v) is 3.32. The zero-order valence-electron chi connectivity index (χ0n) is 13.4. The van der Waals surface area contributed by atoms with Gasteiger partial charge in [-0.3, -0.25) is 0 Å². The van der Waals surface area contributed by atoms with E-state index in [2.05, 4.69) is 24.1 Å². The van der Waals surface area contributed by atoms with Crippen molar-refractivity contribution in [1.82, 2.24) is 4.98 Å². The Bertz CT molecular complexity index is 416. The first kappa shape index (κ1) is 17.7. The molecule has 0 saturated carbocycles. The summed E-state index contributed by atoms with van der Waals surface area (Å²) in [6, 6.07) is 0.936. The number of halogens is 2. The normalized spacial score (nSPS) is 10.7. The first-order valence-corrected chi connectivity index (χ1v) is 7.98. The van der Waals surface area contributed by atoms with Crippen molar-refractivity contribution in [3.05, 3.63) is 17.7 Å². The maximum atomic E-state index is 14.1. The average Bonchev–Trinajstić information content (AvgIpc) is 2.47. The Morgan fingerprint density at radius 1 is 1.00 bits per heavy atom. The summed E-state index contributed by atoms with van der Waals surface area (Å²) < 4.78 is 27.8. The molecule has 0 fully saturated rings. The van der Waals surface area contributed by atoms with Gasteiger partial charge in [-0.05, 0) is 19.3 Å². The van der Waals surface area contributed by atoms with Crippen LogP contribution in [0.3, 0.4) is 0 Å². The van der Waals surface area contributed by atoms with Gasteiger partial charge in [0, 0.05) is 25.7 Å². The lowest BCUT2D eigenvalue weighted by molar-refractivity contribution is 0.563. The van der Waals surface area contributed by atoms with Gasteiger partial charge in [0.2, 0.25) is 0 Å². The minimum Gasteiger partial charge on any atom is -0.368 e. The van der Waals surface area contributed by atoms with Gasteiger partial charge < -0.3 is 10.2 Å². The van der Waals surface area contributed by atoms with E-state index in [-0.39, 0.29) is 11.6 Å². The van der Waals surface area contributed by atoms with Crippen LogP contribution in [0.15, 0.2) is 6.07 Å². The summed E-state index contributed by atoms with van der Waals surface area (Å²) in [6.07, 6.45) is 4.88. The fourth-order valence-electron chi connectivity index (χ4n) is 2.07. The molecule has 5 heteroatoms. The fourth-order valence-corrected chi connectivity index (χ4v) is 2.07. The molecule has 0 aliphatic heterocycles. The summed E-state index contributed by atoms with van der Waals surface area (Å²) in [5.41, 5.74) is 0. The first-order valence-electron chi connectivity index (χ1n) is 7.98. The minimum absolute atomic E-state index is 0.145. The maximum Gasteiger partial charge on any atom is 0.168 e. The smallest absolute Gasteiger partial charge is 0.168 e. The average molecular weight is 299 g/mol. The van der Waals surface area contributed by atoms with E-state index in [1.54, 1.807) is 0 Å². The van der Waals surface area contributed by atoms with Crippen molar-refractivity contribution < 1.29 is 8.78 Å². The van der Waals surface area contributed by atoms with Crippen molar-refractivity contribution in [3.8, 4) is 0 Å². The Morgan fingerprint density at radius 2 is 1.62 bits per heavy atom. The van der Waals surface area contributed by atoms with Crippen LogP contribution in [-0.4, -0.2) is 24.6 Å². The highest BCUT2D eigenvalue weighted by Gasteiger charge is 2.17. The van der Waals surface area contributed by atoms with Crippen LogP contribution in [-0.2, 0) is 0 Å². The Hall–Kier alpha value is -1.39. The topological polar surface area (TPSA) is 28.2 Å².